The van der Waals surface area contributed by atoms with E-state index in [1.54, 1.807) is 18.7 Å². The van der Waals surface area contributed by atoms with Crippen molar-refractivity contribution in [1.82, 2.24) is 0 Å². The highest BCUT2D eigenvalue weighted by atomic mass is 32.2. The maximum absolute atomic E-state index is 11.2. The molecule has 16 heavy (non-hydrogen) atoms. The molecular weight excluding hydrogens is 220 g/mol. The van der Waals surface area contributed by atoms with Gasteiger partial charge in [-0.05, 0) is 32.4 Å². The van der Waals surface area contributed by atoms with E-state index in [1.807, 2.05) is 0 Å². The number of hydrogen-bond donors (Lipinski definition) is 0. The highest BCUT2D eigenvalue weighted by molar-refractivity contribution is 7.99. The minimum atomic E-state index is 0.1000. The zero-order valence-electron chi connectivity index (χ0n) is 9.60. The molecule has 1 aromatic rings. The van der Waals surface area contributed by atoms with Gasteiger partial charge in [0.25, 0.3) is 0 Å². The predicted octanol–water partition coefficient (Wildman–Crippen LogP) is 3.04. The van der Waals surface area contributed by atoms with Crippen LogP contribution in [0.2, 0.25) is 0 Å². The van der Waals surface area contributed by atoms with Gasteiger partial charge in [0, 0.05) is 10.8 Å². The number of ether oxygens (including phenoxy) is 1. The lowest BCUT2D eigenvalue weighted by Crippen LogP contribution is -2.09. The summed E-state index contributed by atoms with van der Waals surface area (Å²) in [7, 11) is 0. The molecule has 2 nitrogen and oxygen atoms in total. The van der Waals surface area contributed by atoms with Gasteiger partial charge in [-0.15, -0.1) is 0 Å². The fourth-order valence-corrected chi connectivity index (χ4v) is 2.80. The normalized spacial score (nSPS) is 24.6. The minimum Gasteiger partial charge on any atom is -0.366 e. The summed E-state index contributed by atoms with van der Waals surface area (Å²) in [5.41, 5.74) is 1.40. The number of rotatable bonds is 3. The van der Waals surface area contributed by atoms with Crippen molar-refractivity contribution in [3.63, 3.8) is 0 Å². The molecule has 86 valence electrons. The van der Waals surface area contributed by atoms with Gasteiger partial charge in [-0.2, -0.15) is 0 Å². The molecule has 1 aliphatic heterocycles. The van der Waals surface area contributed by atoms with Crippen LogP contribution in [0, 0.1) is 12.8 Å². The smallest absolute Gasteiger partial charge is 0.135 e. The van der Waals surface area contributed by atoms with E-state index in [-0.39, 0.29) is 17.1 Å². The minimum absolute atomic E-state index is 0.1000. The second-order valence-electron chi connectivity index (χ2n) is 4.24. The van der Waals surface area contributed by atoms with Gasteiger partial charge in [0.2, 0.25) is 0 Å². The number of Topliss-reactive ketones (excluding diaryl/α,β-unsaturated/α-hetero) is 1. The van der Waals surface area contributed by atoms with E-state index in [0.717, 1.165) is 6.42 Å². The second-order valence-corrected chi connectivity index (χ2v) is 5.47. The number of carbonyl (C=O) groups is 1. The quantitative estimate of drug-likeness (QED) is 0.807. The van der Waals surface area contributed by atoms with Crippen molar-refractivity contribution in [2.45, 2.75) is 30.6 Å². The molecule has 2 atom stereocenters. The van der Waals surface area contributed by atoms with Crippen LogP contribution >= 0.6 is 11.8 Å². The summed E-state index contributed by atoms with van der Waals surface area (Å²) in [5.74, 6) is 0.343. The molecule has 0 amide bonds. The Morgan fingerprint density at radius 3 is 2.62 bits per heavy atom. The standard InChI is InChI=1S/C13H16O2S/c1-9-3-5-12(6-4-9)16-13-7-11(8-15-13)10(2)14/h3-6,11,13H,7-8H2,1-2H3. The first-order valence-electron chi connectivity index (χ1n) is 5.50. The molecule has 0 saturated carbocycles. The second kappa shape index (κ2) is 5.02. The highest BCUT2D eigenvalue weighted by Crippen LogP contribution is 2.33. The first kappa shape index (κ1) is 11.7. The third-order valence-corrected chi connectivity index (χ3v) is 3.96. The zero-order chi connectivity index (χ0) is 11.5. The molecule has 1 aromatic carbocycles. The number of carbonyl (C=O) groups excluding carboxylic acids is 1. The van der Waals surface area contributed by atoms with Crippen LogP contribution in [0.25, 0.3) is 0 Å². The number of thioether (sulfide) groups is 1. The third kappa shape index (κ3) is 2.86. The van der Waals surface area contributed by atoms with Gasteiger partial charge in [-0.1, -0.05) is 29.5 Å². The van der Waals surface area contributed by atoms with Gasteiger partial charge in [0.1, 0.15) is 11.2 Å². The number of hydrogen-bond acceptors (Lipinski definition) is 3. The van der Waals surface area contributed by atoms with E-state index in [9.17, 15) is 4.79 Å². The van der Waals surface area contributed by atoms with E-state index >= 15 is 0 Å². The van der Waals surface area contributed by atoms with Crippen molar-refractivity contribution < 1.29 is 9.53 Å². The molecule has 3 heteroatoms. The van der Waals surface area contributed by atoms with Crippen molar-refractivity contribution in [3.8, 4) is 0 Å². The van der Waals surface area contributed by atoms with Crippen LogP contribution in [0.5, 0.6) is 0 Å². The van der Waals surface area contributed by atoms with E-state index in [0.29, 0.717) is 6.61 Å². The average molecular weight is 236 g/mol. The molecule has 0 aromatic heterocycles. The van der Waals surface area contributed by atoms with Gasteiger partial charge in [-0.3, -0.25) is 4.79 Å². The molecule has 1 heterocycles. The molecule has 0 N–H and O–H groups in total. The SMILES string of the molecule is CC(=O)C1COC(Sc2ccc(C)cc2)C1. The van der Waals surface area contributed by atoms with Gasteiger partial charge >= 0.3 is 0 Å². The van der Waals surface area contributed by atoms with Gasteiger partial charge < -0.3 is 4.74 Å². The molecule has 2 rings (SSSR count). The molecular formula is C13H16O2S. The molecule has 0 aliphatic carbocycles. The Kier molecular flexibility index (Phi) is 3.66. The fraction of sp³-hybridized carbons (Fsp3) is 0.462. The van der Waals surface area contributed by atoms with Crippen LogP contribution < -0.4 is 0 Å². The summed E-state index contributed by atoms with van der Waals surface area (Å²) >= 11 is 1.71. The Hall–Kier alpha value is -0.800. The molecule has 0 bridgehead atoms. The summed E-state index contributed by atoms with van der Waals surface area (Å²) in [4.78, 5) is 12.4. The Morgan fingerprint density at radius 1 is 1.38 bits per heavy atom. The van der Waals surface area contributed by atoms with Crippen LogP contribution in [0.4, 0.5) is 0 Å². The van der Waals surface area contributed by atoms with E-state index in [1.165, 1.54) is 10.5 Å². The number of ketones is 1. The summed E-state index contributed by atoms with van der Waals surface area (Å²) in [5, 5.41) is 0. The van der Waals surface area contributed by atoms with Crippen LogP contribution in [-0.2, 0) is 9.53 Å². The lowest BCUT2D eigenvalue weighted by atomic mass is 10.1. The maximum atomic E-state index is 11.2. The Morgan fingerprint density at radius 2 is 2.06 bits per heavy atom. The van der Waals surface area contributed by atoms with Crippen LogP contribution in [0.1, 0.15) is 18.9 Å². The first-order valence-corrected chi connectivity index (χ1v) is 6.38. The predicted molar refractivity (Wildman–Crippen MR) is 65.6 cm³/mol. The van der Waals surface area contributed by atoms with Crippen molar-refractivity contribution in [3.05, 3.63) is 29.8 Å². The zero-order valence-corrected chi connectivity index (χ0v) is 10.4. The van der Waals surface area contributed by atoms with E-state index in [2.05, 4.69) is 31.2 Å². The fourth-order valence-electron chi connectivity index (χ4n) is 1.73. The van der Waals surface area contributed by atoms with Crippen molar-refractivity contribution >= 4 is 17.5 Å². The van der Waals surface area contributed by atoms with E-state index in [4.69, 9.17) is 4.74 Å². The summed E-state index contributed by atoms with van der Waals surface area (Å²) < 4.78 is 5.60. The lowest BCUT2D eigenvalue weighted by Gasteiger charge is -2.08. The monoisotopic (exact) mass is 236 g/mol. The number of benzene rings is 1. The van der Waals surface area contributed by atoms with Crippen molar-refractivity contribution in [1.29, 1.82) is 0 Å². The molecule has 0 spiro atoms. The molecule has 2 unspecified atom stereocenters. The third-order valence-electron chi connectivity index (χ3n) is 2.82. The van der Waals surface area contributed by atoms with E-state index < -0.39 is 0 Å². The summed E-state index contributed by atoms with van der Waals surface area (Å²) in [6.45, 7) is 4.30. The lowest BCUT2D eigenvalue weighted by molar-refractivity contribution is -0.120. The van der Waals surface area contributed by atoms with Crippen molar-refractivity contribution in [2.24, 2.45) is 5.92 Å². The van der Waals surface area contributed by atoms with Crippen LogP contribution in [-0.4, -0.2) is 17.8 Å². The first-order chi connectivity index (χ1) is 7.65. The summed E-state index contributed by atoms with van der Waals surface area (Å²) in [6.07, 6.45) is 0.841. The topological polar surface area (TPSA) is 26.3 Å². The molecule has 1 aliphatic rings. The van der Waals surface area contributed by atoms with Gasteiger partial charge in [-0.25, -0.2) is 0 Å². The van der Waals surface area contributed by atoms with Crippen LogP contribution in [0.3, 0.4) is 0 Å². The largest absolute Gasteiger partial charge is 0.366 e. The average Bonchev–Trinajstić information content (AvgIpc) is 2.70. The molecule has 0 radical (unpaired) electrons. The maximum Gasteiger partial charge on any atom is 0.135 e. The van der Waals surface area contributed by atoms with Crippen LogP contribution in [0.15, 0.2) is 29.2 Å². The Labute approximate surface area is 100 Å². The molecule has 1 fully saturated rings. The highest BCUT2D eigenvalue weighted by Gasteiger charge is 2.28. The summed E-state index contributed by atoms with van der Waals surface area (Å²) in [6, 6.07) is 8.40. The van der Waals surface area contributed by atoms with Gasteiger partial charge in [0.15, 0.2) is 0 Å². The molecule has 1 saturated heterocycles. The Bertz CT molecular complexity index is 372. The Balaban J connectivity index is 1.92. The van der Waals surface area contributed by atoms with Gasteiger partial charge in [0.05, 0.1) is 6.61 Å². The van der Waals surface area contributed by atoms with Crippen molar-refractivity contribution in [2.75, 3.05) is 6.61 Å². The number of aryl methyl sites for hydroxylation is 1.